The van der Waals surface area contributed by atoms with Crippen molar-refractivity contribution in [1.82, 2.24) is 4.57 Å². The van der Waals surface area contributed by atoms with Crippen LogP contribution in [0, 0.1) is 0 Å². The Morgan fingerprint density at radius 3 is 2.48 bits per heavy atom. The third-order valence-corrected chi connectivity index (χ3v) is 6.36. The molecule has 1 aliphatic rings. The number of fused-ring (bicyclic) bond motifs is 3. The molecule has 1 N–H and O–H groups in total. The van der Waals surface area contributed by atoms with Crippen molar-refractivity contribution < 1.29 is 14.6 Å². The van der Waals surface area contributed by atoms with Gasteiger partial charge in [-0.2, -0.15) is 0 Å². The molecule has 0 bridgehead atoms. The zero-order valence-electron chi connectivity index (χ0n) is 16.0. The predicted octanol–water partition coefficient (Wildman–Crippen LogP) is 3.72. The Hall–Kier alpha value is -2.59. The van der Waals surface area contributed by atoms with E-state index in [1.807, 2.05) is 62.5 Å². The molecule has 27 heavy (non-hydrogen) atoms. The summed E-state index contributed by atoms with van der Waals surface area (Å²) in [7, 11) is 3.44. The van der Waals surface area contributed by atoms with Gasteiger partial charge in [-0.05, 0) is 30.9 Å². The van der Waals surface area contributed by atoms with Crippen molar-refractivity contribution in [3.05, 3.63) is 71.4 Å². The molecule has 1 aliphatic carbocycles. The van der Waals surface area contributed by atoms with Gasteiger partial charge in [0.15, 0.2) is 0 Å². The maximum Gasteiger partial charge on any atom is 0.323 e. The van der Waals surface area contributed by atoms with Crippen LogP contribution < -0.4 is 0 Å². The van der Waals surface area contributed by atoms with Crippen molar-refractivity contribution in [2.24, 2.45) is 7.05 Å². The molecule has 0 aliphatic heterocycles. The predicted molar refractivity (Wildman–Crippen MR) is 106 cm³/mol. The van der Waals surface area contributed by atoms with Crippen LogP contribution in [-0.4, -0.2) is 28.4 Å². The fourth-order valence-electron chi connectivity index (χ4n) is 5.01. The van der Waals surface area contributed by atoms with Gasteiger partial charge in [0.25, 0.3) is 0 Å². The summed E-state index contributed by atoms with van der Waals surface area (Å²) in [5.74, 6) is -0.407. The van der Waals surface area contributed by atoms with E-state index in [0.717, 1.165) is 34.1 Å². The molecule has 0 saturated carbocycles. The van der Waals surface area contributed by atoms with Crippen LogP contribution in [0.4, 0.5) is 0 Å². The minimum atomic E-state index is -1.26. The lowest BCUT2D eigenvalue weighted by molar-refractivity contribution is -0.159. The first-order chi connectivity index (χ1) is 13.0. The van der Waals surface area contributed by atoms with Gasteiger partial charge in [-0.25, -0.2) is 0 Å². The van der Waals surface area contributed by atoms with Crippen LogP contribution in [0.5, 0.6) is 0 Å². The number of para-hydroxylation sites is 1. The third kappa shape index (κ3) is 2.16. The van der Waals surface area contributed by atoms with Crippen LogP contribution in [0.3, 0.4) is 0 Å². The van der Waals surface area contributed by atoms with E-state index in [2.05, 4.69) is 10.6 Å². The van der Waals surface area contributed by atoms with Crippen molar-refractivity contribution in [3.8, 4) is 0 Å². The van der Waals surface area contributed by atoms with Gasteiger partial charge in [-0.3, -0.25) is 4.79 Å². The average molecular weight is 363 g/mol. The third-order valence-electron chi connectivity index (χ3n) is 6.36. The zero-order chi connectivity index (χ0) is 19.2. The number of esters is 1. The molecule has 4 rings (SSSR count). The molecule has 0 amide bonds. The maximum absolute atomic E-state index is 13.5. The quantitative estimate of drug-likeness (QED) is 0.722. The molecular formula is C23H25NO3. The monoisotopic (exact) mass is 363 g/mol. The van der Waals surface area contributed by atoms with Crippen LogP contribution in [0.15, 0.2) is 54.6 Å². The minimum absolute atomic E-state index is 0.407. The van der Waals surface area contributed by atoms with E-state index in [4.69, 9.17) is 4.74 Å². The summed E-state index contributed by atoms with van der Waals surface area (Å²) in [6, 6.07) is 17.7. The van der Waals surface area contributed by atoms with Crippen molar-refractivity contribution in [2.75, 3.05) is 7.11 Å². The van der Waals surface area contributed by atoms with E-state index in [-0.39, 0.29) is 0 Å². The number of carbonyl (C=O) groups excluding carboxylic acids is 1. The molecule has 140 valence electrons. The van der Waals surface area contributed by atoms with Crippen LogP contribution in [0.25, 0.3) is 10.9 Å². The summed E-state index contributed by atoms with van der Waals surface area (Å²) >= 11 is 0. The first kappa shape index (κ1) is 17.8. The molecule has 1 aromatic heterocycles. The number of aryl methyl sites for hydroxylation is 1. The van der Waals surface area contributed by atoms with E-state index in [9.17, 15) is 9.90 Å². The Morgan fingerprint density at radius 2 is 1.81 bits per heavy atom. The number of nitrogens with zero attached hydrogens (tertiary/aromatic N) is 1. The number of rotatable bonds is 3. The van der Waals surface area contributed by atoms with E-state index >= 15 is 0 Å². The number of benzene rings is 2. The van der Waals surface area contributed by atoms with Crippen LogP contribution in [0.1, 0.15) is 36.6 Å². The first-order valence-corrected chi connectivity index (χ1v) is 9.44. The molecule has 0 fully saturated rings. The van der Waals surface area contributed by atoms with Gasteiger partial charge in [0.2, 0.25) is 0 Å². The number of hydrogen-bond acceptors (Lipinski definition) is 3. The summed E-state index contributed by atoms with van der Waals surface area (Å²) in [4.78, 5) is 13.5. The highest BCUT2D eigenvalue weighted by Crippen LogP contribution is 2.54. The SMILES string of the molecule is CCC1(O)CCc2c(c3ccccc3n2C)C1(C(=O)OC)c1ccccc1. The molecule has 0 saturated heterocycles. The number of ether oxygens (including phenoxy) is 1. The summed E-state index contributed by atoms with van der Waals surface area (Å²) < 4.78 is 7.50. The molecule has 0 spiro atoms. The number of methoxy groups -OCH3 is 1. The molecule has 2 unspecified atom stereocenters. The molecule has 1 heterocycles. The highest BCUT2D eigenvalue weighted by atomic mass is 16.5. The number of aliphatic hydroxyl groups is 1. The first-order valence-electron chi connectivity index (χ1n) is 9.44. The van der Waals surface area contributed by atoms with Gasteiger partial charge < -0.3 is 14.4 Å². The van der Waals surface area contributed by atoms with E-state index in [1.165, 1.54) is 7.11 Å². The molecule has 2 aromatic carbocycles. The van der Waals surface area contributed by atoms with E-state index < -0.39 is 17.0 Å². The van der Waals surface area contributed by atoms with Crippen LogP contribution in [-0.2, 0) is 28.4 Å². The Balaban J connectivity index is 2.22. The average Bonchev–Trinajstić information content (AvgIpc) is 3.01. The number of carbonyl (C=O) groups is 1. The molecule has 0 radical (unpaired) electrons. The largest absolute Gasteiger partial charge is 0.468 e. The smallest absolute Gasteiger partial charge is 0.323 e. The van der Waals surface area contributed by atoms with Crippen molar-refractivity contribution in [2.45, 2.75) is 37.2 Å². The number of aromatic nitrogens is 1. The second-order valence-electron chi connectivity index (χ2n) is 7.39. The Morgan fingerprint density at radius 1 is 1.15 bits per heavy atom. The highest BCUT2D eigenvalue weighted by Gasteiger charge is 2.62. The van der Waals surface area contributed by atoms with Gasteiger partial charge in [0.05, 0.1) is 12.7 Å². The Labute approximate surface area is 159 Å². The molecule has 4 heteroatoms. The summed E-state index contributed by atoms with van der Waals surface area (Å²) in [6.07, 6.45) is 1.68. The van der Waals surface area contributed by atoms with Gasteiger partial charge >= 0.3 is 5.97 Å². The lowest BCUT2D eigenvalue weighted by Gasteiger charge is -2.48. The standard InChI is InChI=1S/C23H25NO3/c1-4-22(26)15-14-19-20(17-12-8-9-13-18(17)24(19)2)23(22,21(25)27-3)16-10-6-5-7-11-16/h5-13,26H,4,14-15H2,1-3H3. The summed E-state index contributed by atoms with van der Waals surface area (Å²) in [5, 5.41) is 12.8. The second kappa shape index (κ2) is 6.24. The van der Waals surface area contributed by atoms with Crippen molar-refractivity contribution in [3.63, 3.8) is 0 Å². The van der Waals surface area contributed by atoms with Crippen LogP contribution in [0.2, 0.25) is 0 Å². The molecule has 4 nitrogen and oxygen atoms in total. The highest BCUT2D eigenvalue weighted by molar-refractivity contribution is 5.99. The molecule has 2 atom stereocenters. The van der Waals surface area contributed by atoms with Gasteiger partial charge in [0, 0.05) is 29.2 Å². The zero-order valence-corrected chi connectivity index (χ0v) is 16.0. The summed E-state index contributed by atoms with van der Waals surface area (Å²) in [6.45, 7) is 1.94. The van der Waals surface area contributed by atoms with Crippen molar-refractivity contribution >= 4 is 16.9 Å². The van der Waals surface area contributed by atoms with Gasteiger partial charge in [-0.15, -0.1) is 0 Å². The topological polar surface area (TPSA) is 51.5 Å². The lowest BCUT2D eigenvalue weighted by atomic mass is 9.57. The van der Waals surface area contributed by atoms with Gasteiger partial charge in [0.1, 0.15) is 5.41 Å². The number of hydrogen-bond donors (Lipinski definition) is 1. The molecule has 3 aromatic rings. The van der Waals surface area contributed by atoms with Crippen LogP contribution >= 0.6 is 0 Å². The second-order valence-corrected chi connectivity index (χ2v) is 7.39. The Kier molecular flexibility index (Phi) is 4.11. The lowest BCUT2D eigenvalue weighted by Crippen LogP contribution is -2.60. The fraction of sp³-hybridized carbons (Fsp3) is 0.348. The Bertz CT molecular complexity index is 1010. The molecular weight excluding hydrogens is 338 g/mol. The van der Waals surface area contributed by atoms with Crippen molar-refractivity contribution in [1.29, 1.82) is 0 Å². The van der Waals surface area contributed by atoms with E-state index in [0.29, 0.717) is 12.8 Å². The van der Waals surface area contributed by atoms with Gasteiger partial charge in [-0.1, -0.05) is 55.5 Å². The minimum Gasteiger partial charge on any atom is -0.468 e. The summed E-state index contributed by atoms with van der Waals surface area (Å²) in [5.41, 5.74) is 1.33. The fourth-order valence-corrected chi connectivity index (χ4v) is 5.01. The normalized spacial score (nSPS) is 24.6. The van der Waals surface area contributed by atoms with E-state index in [1.54, 1.807) is 0 Å². The maximum atomic E-state index is 13.5.